The molecule has 1 rings (SSSR count). The van der Waals surface area contributed by atoms with Crippen molar-refractivity contribution in [1.29, 1.82) is 0 Å². The third-order valence-electron chi connectivity index (χ3n) is 2.29. The smallest absolute Gasteiger partial charge is 0.338 e. The van der Waals surface area contributed by atoms with E-state index in [1.165, 1.54) is 18.2 Å². The molecule has 110 valence electrons. The van der Waals surface area contributed by atoms with E-state index in [-0.39, 0.29) is 17.9 Å². The van der Waals surface area contributed by atoms with E-state index < -0.39 is 10.9 Å². The number of esters is 1. The standard InChI is InChI=1S/C13H16BrNO5/c1-9(2)8-19-5-6-20-13(16)10-3-4-11(14)12(7-10)15(17)18/h3-4,7,9H,5-6,8H2,1-2H3. The number of hydrogen-bond donors (Lipinski definition) is 0. The van der Waals surface area contributed by atoms with Crippen LogP contribution in [0, 0.1) is 16.0 Å². The normalized spacial score (nSPS) is 10.6. The topological polar surface area (TPSA) is 78.7 Å². The van der Waals surface area contributed by atoms with Gasteiger partial charge in [-0.1, -0.05) is 13.8 Å². The van der Waals surface area contributed by atoms with Gasteiger partial charge in [0.1, 0.15) is 6.61 Å². The van der Waals surface area contributed by atoms with Crippen LogP contribution in [-0.4, -0.2) is 30.7 Å². The van der Waals surface area contributed by atoms with Crippen LogP contribution in [0.2, 0.25) is 0 Å². The maximum Gasteiger partial charge on any atom is 0.338 e. The molecule has 6 nitrogen and oxygen atoms in total. The summed E-state index contributed by atoms with van der Waals surface area (Å²) >= 11 is 3.05. The number of rotatable bonds is 7. The number of nitrogens with zero attached hydrogens (tertiary/aromatic N) is 1. The highest BCUT2D eigenvalue weighted by Gasteiger charge is 2.16. The van der Waals surface area contributed by atoms with Crippen molar-refractivity contribution in [3.63, 3.8) is 0 Å². The molecule has 0 unspecified atom stereocenters. The Balaban J connectivity index is 2.51. The number of benzene rings is 1. The minimum Gasteiger partial charge on any atom is -0.460 e. The molecule has 0 saturated heterocycles. The molecular formula is C13H16BrNO5. The molecule has 20 heavy (non-hydrogen) atoms. The molecule has 0 aliphatic rings. The summed E-state index contributed by atoms with van der Waals surface area (Å²) in [5, 5.41) is 10.8. The Kier molecular flexibility index (Phi) is 6.60. The highest BCUT2D eigenvalue weighted by atomic mass is 79.9. The number of nitro benzene ring substituents is 1. The molecule has 0 aliphatic heterocycles. The molecule has 0 fully saturated rings. The predicted octanol–water partition coefficient (Wildman–Crippen LogP) is 3.19. The summed E-state index contributed by atoms with van der Waals surface area (Å²) in [4.78, 5) is 21.9. The van der Waals surface area contributed by atoms with Gasteiger partial charge in [-0.3, -0.25) is 10.1 Å². The van der Waals surface area contributed by atoms with Gasteiger partial charge < -0.3 is 9.47 Å². The van der Waals surface area contributed by atoms with Crippen molar-refractivity contribution in [2.75, 3.05) is 19.8 Å². The van der Waals surface area contributed by atoms with Crippen LogP contribution in [0.5, 0.6) is 0 Å². The molecule has 0 bridgehead atoms. The van der Waals surface area contributed by atoms with E-state index in [1.807, 2.05) is 13.8 Å². The molecule has 0 radical (unpaired) electrons. The molecule has 0 spiro atoms. The number of nitro groups is 1. The van der Waals surface area contributed by atoms with Crippen molar-refractivity contribution >= 4 is 27.6 Å². The van der Waals surface area contributed by atoms with Gasteiger partial charge in [0.25, 0.3) is 5.69 Å². The second-order valence-electron chi connectivity index (χ2n) is 4.53. The van der Waals surface area contributed by atoms with Crippen molar-refractivity contribution in [3.05, 3.63) is 38.3 Å². The van der Waals surface area contributed by atoms with Crippen molar-refractivity contribution in [3.8, 4) is 0 Å². The Bertz CT molecular complexity index is 490. The van der Waals surface area contributed by atoms with E-state index in [1.54, 1.807) is 0 Å². The predicted molar refractivity (Wildman–Crippen MR) is 76.7 cm³/mol. The molecule has 0 atom stereocenters. The van der Waals surface area contributed by atoms with E-state index >= 15 is 0 Å². The lowest BCUT2D eigenvalue weighted by molar-refractivity contribution is -0.385. The van der Waals surface area contributed by atoms with Crippen LogP contribution in [0.25, 0.3) is 0 Å². The Hall–Kier alpha value is -1.47. The van der Waals surface area contributed by atoms with Crippen molar-refractivity contribution in [1.82, 2.24) is 0 Å². The lowest BCUT2D eigenvalue weighted by Gasteiger charge is -2.08. The number of halogens is 1. The van der Waals surface area contributed by atoms with Crippen molar-refractivity contribution in [2.24, 2.45) is 5.92 Å². The first-order valence-electron chi connectivity index (χ1n) is 6.10. The second kappa shape index (κ2) is 7.96. The molecule has 0 heterocycles. The summed E-state index contributed by atoms with van der Waals surface area (Å²) in [5.41, 5.74) is -0.0285. The minimum absolute atomic E-state index is 0.120. The lowest BCUT2D eigenvalue weighted by Crippen LogP contribution is -2.13. The molecule has 0 aromatic heterocycles. The van der Waals surface area contributed by atoms with E-state index in [4.69, 9.17) is 9.47 Å². The van der Waals surface area contributed by atoms with Crippen LogP contribution in [0.3, 0.4) is 0 Å². The van der Waals surface area contributed by atoms with Gasteiger partial charge in [0.05, 0.1) is 21.6 Å². The van der Waals surface area contributed by atoms with Gasteiger partial charge in [-0.2, -0.15) is 0 Å². The molecule has 1 aromatic carbocycles. The van der Waals surface area contributed by atoms with Crippen molar-refractivity contribution in [2.45, 2.75) is 13.8 Å². The third kappa shape index (κ3) is 5.26. The summed E-state index contributed by atoms with van der Waals surface area (Å²) in [6.45, 7) is 5.07. The zero-order valence-corrected chi connectivity index (χ0v) is 12.9. The SMILES string of the molecule is CC(C)COCCOC(=O)c1ccc(Br)c([N+](=O)[O-])c1. The molecule has 1 aromatic rings. The first-order valence-corrected chi connectivity index (χ1v) is 6.90. The molecule has 7 heteroatoms. The summed E-state index contributed by atoms with van der Waals surface area (Å²) in [5.74, 6) is -0.187. The molecule has 0 amide bonds. The van der Waals surface area contributed by atoms with Gasteiger partial charge in [-0.05, 0) is 34.0 Å². The van der Waals surface area contributed by atoms with Gasteiger partial charge in [-0.25, -0.2) is 4.79 Å². The highest BCUT2D eigenvalue weighted by molar-refractivity contribution is 9.10. The molecule has 0 N–H and O–H groups in total. The first-order chi connectivity index (χ1) is 9.41. The Labute approximate surface area is 125 Å². The number of carbonyl (C=O) groups excluding carboxylic acids is 1. The Morgan fingerprint density at radius 3 is 2.70 bits per heavy atom. The Morgan fingerprint density at radius 1 is 1.40 bits per heavy atom. The average Bonchev–Trinajstić information content (AvgIpc) is 2.37. The van der Waals surface area contributed by atoms with Gasteiger partial charge in [0.15, 0.2) is 0 Å². The van der Waals surface area contributed by atoms with Crippen LogP contribution in [0.15, 0.2) is 22.7 Å². The monoisotopic (exact) mass is 345 g/mol. The largest absolute Gasteiger partial charge is 0.460 e. The highest BCUT2D eigenvalue weighted by Crippen LogP contribution is 2.25. The van der Waals surface area contributed by atoms with Gasteiger partial charge in [0, 0.05) is 12.7 Å². The number of ether oxygens (including phenoxy) is 2. The molecule has 0 aliphatic carbocycles. The number of carbonyl (C=O) groups is 1. The van der Waals surface area contributed by atoms with E-state index in [9.17, 15) is 14.9 Å². The summed E-state index contributed by atoms with van der Waals surface area (Å²) in [6, 6.07) is 4.10. The van der Waals surface area contributed by atoms with Gasteiger partial charge >= 0.3 is 5.97 Å². The molecular weight excluding hydrogens is 330 g/mol. The first kappa shape index (κ1) is 16.6. The fourth-order valence-electron chi connectivity index (χ4n) is 1.38. The quantitative estimate of drug-likeness (QED) is 0.328. The van der Waals surface area contributed by atoms with Crippen molar-refractivity contribution < 1.29 is 19.2 Å². The summed E-state index contributed by atoms with van der Waals surface area (Å²) < 4.78 is 10.6. The fraction of sp³-hybridized carbons (Fsp3) is 0.462. The van der Waals surface area contributed by atoms with Crippen LogP contribution < -0.4 is 0 Å². The fourth-order valence-corrected chi connectivity index (χ4v) is 1.77. The number of hydrogen-bond acceptors (Lipinski definition) is 5. The average molecular weight is 346 g/mol. The maximum atomic E-state index is 11.7. The van der Waals surface area contributed by atoms with E-state index in [0.717, 1.165) is 0 Å². The summed E-state index contributed by atoms with van der Waals surface area (Å²) in [7, 11) is 0. The van der Waals surface area contributed by atoms with Crippen LogP contribution in [0.4, 0.5) is 5.69 Å². The van der Waals surface area contributed by atoms with Crippen LogP contribution >= 0.6 is 15.9 Å². The maximum absolute atomic E-state index is 11.7. The van der Waals surface area contributed by atoms with E-state index in [0.29, 0.717) is 23.6 Å². The Morgan fingerprint density at radius 2 is 2.10 bits per heavy atom. The zero-order chi connectivity index (χ0) is 15.1. The van der Waals surface area contributed by atoms with Gasteiger partial charge in [-0.15, -0.1) is 0 Å². The lowest BCUT2D eigenvalue weighted by atomic mass is 10.2. The van der Waals surface area contributed by atoms with Crippen LogP contribution in [0.1, 0.15) is 24.2 Å². The zero-order valence-electron chi connectivity index (χ0n) is 11.3. The van der Waals surface area contributed by atoms with Gasteiger partial charge in [0.2, 0.25) is 0 Å². The summed E-state index contributed by atoms with van der Waals surface area (Å²) in [6.07, 6.45) is 0. The van der Waals surface area contributed by atoms with Crippen LogP contribution in [-0.2, 0) is 9.47 Å². The molecule has 0 saturated carbocycles. The third-order valence-corrected chi connectivity index (χ3v) is 2.96. The minimum atomic E-state index is -0.603. The second-order valence-corrected chi connectivity index (χ2v) is 5.38. The van der Waals surface area contributed by atoms with E-state index in [2.05, 4.69) is 15.9 Å².